The van der Waals surface area contributed by atoms with Crippen molar-refractivity contribution in [2.24, 2.45) is 0 Å². The molecule has 0 radical (unpaired) electrons. The first-order chi connectivity index (χ1) is 19.3. The Morgan fingerprint density at radius 2 is 1.62 bits per heavy atom. The number of nitrogens with one attached hydrogen (secondary N) is 2. The summed E-state index contributed by atoms with van der Waals surface area (Å²) in [6.07, 6.45) is -0.761. The summed E-state index contributed by atoms with van der Waals surface area (Å²) in [5.74, 6) is 0.863. The number of amides is 1. The van der Waals surface area contributed by atoms with E-state index in [9.17, 15) is 18.0 Å². The molecule has 3 aromatic carbocycles. The van der Waals surface area contributed by atoms with Crippen LogP contribution in [0.4, 0.5) is 19.0 Å². The molecule has 6 rings (SSSR count). The van der Waals surface area contributed by atoms with Crippen molar-refractivity contribution in [3.63, 3.8) is 0 Å². The maximum Gasteiger partial charge on any atom is 0.416 e. The number of halogens is 3. The van der Waals surface area contributed by atoms with Gasteiger partial charge in [0.15, 0.2) is 17.3 Å². The van der Waals surface area contributed by atoms with Crippen LogP contribution < -0.4 is 10.6 Å². The second-order valence-electron chi connectivity index (χ2n) is 9.80. The SMILES string of the molecule is O=C(NC1CC1)c1ccc(-c2nc(NCc3ccccc3)c3ncn(Cc4ccc(C(F)(F)F)cc4)c3n2)cc1. The lowest BCUT2D eigenvalue weighted by Gasteiger charge is -2.11. The average molecular weight is 543 g/mol. The van der Waals surface area contributed by atoms with E-state index in [0.29, 0.717) is 40.5 Å². The molecule has 10 heteroatoms. The largest absolute Gasteiger partial charge is 0.416 e. The minimum absolute atomic E-state index is 0.106. The van der Waals surface area contributed by atoms with Gasteiger partial charge in [-0.25, -0.2) is 15.0 Å². The molecule has 1 saturated carbocycles. The molecule has 0 aliphatic heterocycles. The first-order valence-electron chi connectivity index (χ1n) is 12.9. The predicted octanol–water partition coefficient (Wildman–Crippen LogP) is 6.06. The Hall–Kier alpha value is -4.73. The van der Waals surface area contributed by atoms with E-state index in [-0.39, 0.29) is 18.5 Å². The number of hydrogen-bond donors (Lipinski definition) is 2. The van der Waals surface area contributed by atoms with Gasteiger partial charge in [-0.05, 0) is 48.2 Å². The number of carbonyl (C=O) groups is 1. The molecule has 0 saturated heterocycles. The van der Waals surface area contributed by atoms with Crippen LogP contribution >= 0.6 is 0 Å². The highest BCUT2D eigenvalue weighted by atomic mass is 19.4. The number of nitrogens with zero attached hydrogens (tertiary/aromatic N) is 4. The van der Waals surface area contributed by atoms with Gasteiger partial charge in [-0.1, -0.05) is 54.6 Å². The third-order valence-electron chi connectivity index (χ3n) is 6.72. The number of alkyl halides is 3. The number of hydrogen-bond acceptors (Lipinski definition) is 5. The summed E-state index contributed by atoms with van der Waals surface area (Å²) in [5, 5.41) is 6.34. The minimum Gasteiger partial charge on any atom is -0.364 e. The smallest absolute Gasteiger partial charge is 0.364 e. The Balaban J connectivity index is 1.33. The van der Waals surface area contributed by atoms with Crippen molar-refractivity contribution >= 4 is 22.9 Å². The second kappa shape index (κ2) is 10.4. The molecule has 2 N–H and O–H groups in total. The molecule has 40 heavy (non-hydrogen) atoms. The van der Waals surface area contributed by atoms with E-state index in [4.69, 9.17) is 9.97 Å². The average Bonchev–Trinajstić information content (AvgIpc) is 3.69. The van der Waals surface area contributed by atoms with Crippen LogP contribution in [0, 0.1) is 0 Å². The molecule has 202 valence electrons. The van der Waals surface area contributed by atoms with Gasteiger partial charge in [-0.15, -0.1) is 0 Å². The fraction of sp³-hybridized carbons (Fsp3) is 0.200. The van der Waals surface area contributed by atoms with Crippen LogP contribution in [0.1, 0.15) is 39.9 Å². The van der Waals surface area contributed by atoms with Crippen LogP contribution in [0.15, 0.2) is 85.2 Å². The van der Waals surface area contributed by atoms with Gasteiger partial charge in [0.1, 0.15) is 5.52 Å². The zero-order valence-corrected chi connectivity index (χ0v) is 21.3. The van der Waals surface area contributed by atoms with Crippen molar-refractivity contribution in [3.05, 3.63) is 107 Å². The molecule has 0 spiro atoms. The number of carbonyl (C=O) groups excluding carboxylic acids is 1. The van der Waals surface area contributed by atoms with Gasteiger partial charge >= 0.3 is 6.18 Å². The highest BCUT2D eigenvalue weighted by molar-refractivity contribution is 5.95. The third kappa shape index (κ3) is 5.66. The van der Waals surface area contributed by atoms with E-state index in [2.05, 4.69) is 15.6 Å². The van der Waals surface area contributed by atoms with Gasteiger partial charge in [-0.3, -0.25) is 4.79 Å². The molecule has 0 unspecified atom stereocenters. The normalized spacial score (nSPS) is 13.4. The van der Waals surface area contributed by atoms with E-state index in [0.717, 1.165) is 36.1 Å². The Kier molecular flexibility index (Phi) is 6.67. The zero-order valence-electron chi connectivity index (χ0n) is 21.3. The van der Waals surface area contributed by atoms with E-state index in [1.165, 1.54) is 12.1 Å². The quantitative estimate of drug-likeness (QED) is 0.249. The van der Waals surface area contributed by atoms with Gasteiger partial charge < -0.3 is 15.2 Å². The fourth-order valence-electron chi connectivity index (χ4n) is 4.36. The molecule has 0 atom stereocenters. The van der Waals surface area contributed by atoms with E-state index < -0.39 is 11.7 Å². The second-order valence-corrected chi connectivity index (χ2v) is 9.80. The summed E-state index contributed by atoms with van der Waals surface area (Å²) in [6, 6.07) is 22.3. The molecule has 2 heterocycles. The van der Waals surface area contributed by atoms with Crippen molar-refractivity contribution in [1.82, 2.24) is 24.8 Å². The lowest BCUT2D eigenvalue weighted by atomic mass is 10.1. The maximum atomic E-state index is 13.0. The van der Waals surface area contributed by atoms with Crippen molar-refractivity contribution in [1.29, 1.82) is 0 Å². The third-order valence-corrected chi connectivity index (χ3v) is 6.72. The maximum absolute atomic E-state index is 13.0. The molecule has 0 bridgehead atoms. The number of benzene rings is 3. The summed E-state index contributed by atoms with van der Waals surface area (Å²) >= 11 is 0. The van der Waals surface area contributed by atoms with Gasteiger partial charge in [0.2, 0.25) is 0 Å². The van der Waals surface area contributed by atoms with Crippen LogP contribution in [0.3, 0.4) is 0 Å². The number of rotatable bonds is 8. The molecular formula is C30H25F3N6O. The van der Waals surface area contributed by atoms with Crippen molar-refractivity contribution in [2.75, 3.05) is 5.32 Å². The van der Waals surface area contributed by atoms with Crippen LogP contribution in [0.25, 0.3) is 22.6 Å². The summed E-state index contributed by atoms with van der Waals surface area (Å²) in [5.41, 5.74) is 3.41. The van der Waals surface area contributed by atoms with E-state index in [1.807, 2.05) is 30.3 Å². The van der Waals surface area contributed by atoms with Gasteiger partial charge in [0, 0.05) is 23.7 Å². The lowest BCUT2D eigenvalue weighted by molar-refractivity contribution is -0.137. The van der Waals surface area contributed by atoms with Crippen LogP contribution in [-0.4, -0.2) is 31.5 Å². The highest BCUT2D eigenvalue weighted by Gasteiger charge is 2.30. The number of fused-ring (bicyclic) bond motifs is 1. The Morgan fingerprint density at radius 3 is 2.30 bits per heavy atom. The topological polar surface area (TPSA) is 84.7 Å². The summed E-state index contributed by atoms with van der Waals surface area (Å²) in [7, 11) is 0. The highest BCUT2D eigenvalue weighted by Crippen LogP contribution is 2.30. The van der Waals surface area contributed by atoms with Gasteiger partial charge in [0.25, 0.3) is 5.91 Å². The molecule has 1 amide bonds. The van der Waals surface area contributed by atoms with Crippen LogP contribution in [0.5, 0.6) is 0 Å². The molecular weight excluding hydrogens is 517 g/mol. The monoisotopic (exact) mass is 542 g/mol. The summed E-state index contributed by atoms with van der Waals surface area (Å²) in [4.78, 5) is 26.5. The fourth-order valence-corrected chi connectivity index (χ4v) is 4.36. The first-order valence-corrected chi connectivity index (χ1v) is 12.9. The molecule has 1 fully saturated rings. The van der Waals surface area contributed by atoms with Crippen molar-refractivity contribution in [3.8, 4) is 11.4 Å². The molecule has 5 aromatic rings. The number of imidazole rings is 1. The zero-order chi connectivity index (χ0) is 27.7. The summed E-state index contributed by atoms with van der Waals surface area (Å²) in [6.45, 7) is 0.794. The van der Waals surface area contributed by atoms with E-state index in [1.54, 1.807) is 35.2 Å². The molecule has 7 nitrogen and oxygen atoms in total. The minimum atomic E-state index is -4.39. The number of anilines is 1. The Labute approximate surface area is 228 Å². The van der Waals surface area contributed by atoms with Gasteiger partial charge in [-0.2, -0.15) is 13.2 Å². The number of aromatic nitrogens is 4. The van der Waals surface area contributed by atoms with Crippen LogP contribution in [-0.2, 0) is 19.3 Å². The van der Waals surface area contributed by atoms with Crippen molar-refractivity contribution < 1.29 is 18.0 Å². The van der Waals surface area contributed by atoms with Crippen molar-refractivity contribution in [2.45, 2.75) is 38.1 Å². The van der Waals surface area contributed by atoms with Gasteiger partial charge in [0.05, 0.1) is 18.4 Å². The molecule has 1 aliphatic rings. The summed E-state index contributed by atoms with van der Waals surface area (Å²) < 4.78 is 40.8. The van der Waals surface area contributed by atoms with E-state index >= 15 is 0 Å². The molecule has 2 aromatic heterocycles. The Morgan fingerprint density at radius 1 is 0.900 bits per heavy atom. The first kappa shape index (κ1) is 25.5. The lowest BCUT2D eigenvalue weighted by Crippen LogP contribution is -2.25. The predicted molar refractivity (Wildman–Crippen MR) is 146 cm³/mol. The molecule has 1 aliphatic carbocycles. The Bertz CT molecular complexity index is 1640. The standard InChI is InChI=1S/C30H25F3N6O/c31-30(32,33)23-12-6-20(7-13-23)17-39-18-35-25-27(34-16-19-4-2-1-3-5-19)37-26(38-28(25)39)21-8-10-22(11-9-21)29(40)36-24-14-15-24/h1-13,18,24H,14-17H2,(H,36,40)(H,34,37,38). The van der Waals surface area contributed by atoms with Crippen LogP contribution in [0.2, 0.25) is 0 Å².